The predicted molar refractivity (Wildman–Crippen MR) is 91.3 cm³/mol. The van der Waals surface area contributed by atoms with Crippen molar-refractivity contribution in [2.75, 3.05) is 24.6 Å². The van der Waals surface area contributed by atoms with Gasteiger partial charge < -0.3 is 10.0 Å². The molecule has 0 aromatic heterocycles. The third-order valence-corrected chi connectivity index (χ3v) is 6.21. The second-order valence-corrected chi connectivity index (χ2v) is 8.29. The van der Waals surface area contributed by atoms with E-state index in [-0.39, 0.29) is 36.2 Å². The number of benzene rings is 1. The quantitative estimate of drug-likeness (QED) is 0.733. The summed E-state index contributed by atoms with van der Waals surface area (Å²) >= 11 is 1.62. The van der Waals surface area contributed by atoms with Gasteiger partial charge in [-0.1, -0.05) is 18.2 Å². The summed E-state index contributed by atoms with van der Waals surface area (Å²) in [5.41, 5.74) is 0. The molecular formula is C15H20N2O5S2. The van der Waals surface area contributed by atoms with Crippen LogP contribution in [0.1, 0.15) is 12.8 Å². The van der Waals surface area contributed by atoms with Crippen LogP contribution in [0, 0.1) is 0 Å². The Bertz CT molecular complexity index is 678. The molecular weight excluding hydrogens is 352 g/mol. The third kappa shape index (κ3) is 5.22. The topological polar surface area (TPSA) is 104 Å². The standard InChI is InChI=1S/C15H20N2O5S2/c18-14(17-8-9-23-11-12(17)10-15(19)20)6-7-16-24(21,22)13-4-2-1-3-5-13/h1-5,12,16H,6-11H2,(H,19,20). The molecule has 0 aliphatic carbocycles. The van der Waals surface area contributed by atoms with Crippen LogP contribution in [0.4, 0.5) is 0 Å². The van der Waals surface area contributed by atoms with Gasteiger partial charge in [0.05, 0.1) is 17.4 Å². The number of thioether (sulfide) groups is 1. The highest BCUT2D eigenvalue weighted by Gasteiger charge is 2.28. The zero-order valence-electron chi connectivity index (χ0n) is 13.1. The van der Waals surface area contributed by atoms with Gasteiger partial charge in [0.2, 0.25) is 15.9 Å². The van der Waals surface area contributed by atoms with Crippen LogP contribution in [-0.4, -0.2) is 60.9 Å². The van der Waals surface area contributed by atoms with E-state index in [4.69, 9.17) is 5.11 Å². The lowest BCUT2D eigenvalue weighted by Crippen LogP contribution is -2.47. The molecule has 1 aliphatic heterocycles. The van der Waals surface area contributed by atoms with E-state index in [1.165, 1.54) is 12.1 Å². The number of carbonyl (C=O) groups excluding carboxylic acids is 1. The van der Waals surface area contributed by atoms with Crippen molar-refractivity contribution in [3.8, 4) is 0 Å². The van der Waals surface area contributed by atoms with Crippen LogP contribution in [0.2, 0.25) is 0 Å². The van der Waals surface area contributed by atoms with Crippen LogP contribution in [0.5, 0.6) is 0 Å². The maximum atomic E-state index is 12.3. The molecule has 24 heavy (non-hydrogen) atoms. The number of nitrogens with zero attached hydrogens (tertiary/aromatic N) is 1. The molecule has 7 nitrogen and oxygen atoms in total. The van der Waals surface area contributed by atoms with Crippen molar-refractivity contribution in [1.82, 2.24) is 9.62 Å². The van der Waals surface area contributed by atoms with E-state index in [0.29, 0.717) is 12.3 Å². The SMILES string of the molecule is O=C(O)CC1CSCCN1C(=O)CCNS(=O)(=O)c1ccccc1. The Hall–Kier alpha value is -1.58. The van der Waals surface area contributed by atoms with E-state index in [1.54, 1.807) is 34.9 Å². The number of rotatable bonds is 7. The molecule has 132 valence electrons. The van der Waals surface area contributed by atoms with Crippen molar-refractivity contribution in [3.05, 3.63) is 30.3 Å². The number of amides is 1. The molecule has 1 unspecified atom stereocenters. The first kappa shape index (κ1) is 18.8. The van der Waals surface area contributed by atoms with Crippen LogP contribution < -0.4 is 4.72 Å². The molecule has 1 atom stereocenters. The zero-order chi connectivity index (χ0) is 17.6. The van der Waals surface area contributed by atoms with Crippen LogP contribution in [0.15, 0.2) is 35.2 Å². The van der Waals surface area contributed by atoms with Gasteiger partial charge in [0.25, 0.3) is 0 Å². The summed E-state index contributed by atoms with van der Waals surface area (Å²) in [5, 5.41) is 8.94. The largest absolute Gasteiger partial charge is 0.481 e. The molecule has 0 radical (unpaired) electrons. The van der Waals surface area contributed by atoms with E-state index < -0.39 is 16.0 Å². The van der Waals surface area contributed by atoms with E-state index in [1.807, 2.05) is 0 Å². The molecule has 9 heteroatoms. The summed E-state index contributed by atoms with van der Waals surface area (Å²) in [6, 6.07) is 7.60. The van der Waals surface area contributed by atoms with Crippen molar-refractivity contribution in [2.45, 2.75) is 23.8 Å². The first-order valence-electron chi connectivity index (χ1n) is 7.54. The predicted octanol–water partition coefficient (Wildman–Crippen LogP) is 0.774. The molecule has 0 saturated carbocycles. The highest BCUT2D eigenvalue weighted by Crippen LogP contribution is 2.20. The number of aliphatic carboxylic acids is 1. The molecule has 1 amide bonds. The Morgan fingerprint density at radius 2 is 2.00 bits per heavy atom. The van der Waals surface area contributed by atoms with Crippen molar-refractivity contribution >= 4 is 33.7 Å². The highest BCUT2D eigenvalue weighted by molar-refractivity contribution is 7.99. The molecule has 1 heterocycles. The number of carbonyl (C=O) groups is 2. The number of hydrogen-bond donors (Lipinski definition) is 2. The molecule has 1 aliphatic rings. The van der Waals surface area contributed by atoms with Gasteiger partial charge in [-0.2, -0.15) is 11.8 Å². The fourth-order valence-electron chi connectivity index (χ4n) is 2.47. The maximum Gasteiger partial charge on any atom is 0.305 e. The fraction of sp³-hybridized carbons (Fsp3) is 0.467. The number of nitrogens with one attached hydrogen (secondary N) is 1. The van der Waals surface area contributed by atoms with E-state index >= 15 is 0 Å². The van der Waals surface area contributed by atoms with Crippen molar-refractivity contribution < 1.29 is 23.1 Å². The molecule has 1 saturated heterocycles. The first-order valence-corrected chi connectivity index (χ1v) is 10.2. The highest BCUT2D eigenvalue weighted by atomic mass is 32.2. The molecule has 1 aromatic rings. The van der Waals surface area contributed by atoms with E-state index in [2.05, 4.69) is 4.72 Å². The van der Waals surface area contributed by atoms with Gasteiger partial charge in [0, 0.05) is 31.0 Å². The minimum atomic E-state index is -3.64. The first-order chi connectivity index (χ1) is 11.4. The number of sulfonamides is 1. The van der Waals surface area contributed by atoms with E-state index in [0.717, 1.165) is 5.75 Å². The van der Waals surface area contributed by atoms with Gasteiger partial charge in [0.15, 0.2) is 0 Å². The molecule has 2 rings (SSSR count). The Kier molecular flexibility index (Phi) is 6.64. The van der Waals surface area contributed by atoms with Gasteiger partial charge >= 0.3 is 5.97 Å². The lowest BCUT2D eigenvalue weighted by molar-refractivity contribution is -0.140. The Morgan fingerprint density at radius 3 is 2.67 bits per heavy atom. The number of carboxylic acids is 1. The smallest absolute Gasteiger partial charge is 0.305 e. The monoisotopic (exact) mass is 372 g/mol. The van der Waals surface area contributed by atoms with Crippen molar-refractivity contribution in [3.63, 3.8) is 0 Å². The summed E-state index contributed by atoms with van der Waals surface area (Å²) in [4.78, 5) is 24.9. The van der Waals surface area contributed by atoms with Gasteiger partial charge in [0.1, 0.15) is 0 Å². The minimum Gasteiger partial charge on any atom is -0.481 e. The summed E-state index contributed by atoms with van der Waals surface area (Å²) in [6.45, 7) is 0.479. The number of hydrogen-bond acceptors (Lipinski definition) is 5. The average molecular weight is 372 g/mol. The molecule has 1 fully saturated rings. The van der Waals surface area contributed by atoms with Crippen LogP contribution in [-0.2, 0) is 19.6 Å². The fourth-order valence-corrected chi connectivity index (χ4v) is 4.59. The summed E-state index contributed by atoms with van der Waals surface area (Å²) in [5.74, 6) is 0.188. The Morgan fingerprint density at radius 1 is 1.29 bits per heavy atom. The normalized spacial score (nSPS) is 18.3. The second kappa shape index (κ2) is 8.50. The van der Waals surface area contributed by atoms with Crippen LogP contribution in [0.25, 0.3) is 0 Å². The molecule has 1 aromatic carbocycles. The maximum absolute atomic E-state index is 12.3. The molecule has 2 N–H and O–H groups in total. The third-order valence-electron chi connectivity index (χ3n) is 3.64. The minimum absolute atomic E-state index is 0.00679. The second-order valence-electron chi connectivity index (χ2n) is 5.37. The van der Waals surface area contributed by atoms with Crippen molar-refractivity contribution in [1.29, 1.82) is 0 Å². The summed E-state index contributed by atoms with van der Waals surface area (Å²) in [6.07, 6.45) is -0.0820. The molecule has 0 bridgehead atoms. The molecule has 0 spiro atoms. The Balaban J connectivity index is 1.89. The van der Waals surface area contributed by atoms with Gasteiger partial charge in [-0.15, -0.1) is 0 Å². The lowest BCUT2D eigenvalue weighted by Gasteiger charge is -2.34. The van der Waals surface area contributed by atoms with Crippen LogP contribution >= 0.6 is 11.8 Å². The lowest BCUT2D eigenvalue weighted by atomic mass is 10.2. The number of carboxylic acid groups (broad SMARTS) is 1. The summed E-state index contributed by atoms with van der Waals surface area (Å²) < 4.78 is 26.6. The zero-order valence-corrected chi connectivity index (χ0v) is 14.7. The van der Waals surface area contributed by atoms with Crippen molar-refractivity contribution in [2.24, 2.45) is 0 Å². The van der Waals surface area contributed by atoms with Gasteiger partial charge in [-0.3, -0.25) is 9.59 Å². The Labute approximate surface area is 145 Å². The average Bonchev–Trinajstić information content (AvgIpc) is 2.55. The summed E-state index contributed by atoms with van der Waals surface area (Å²) in [7, 11) is -3.64. The van der Waals surface area contributed by atoms with Gasteiger partial charge in [-0.25, -0.2) is 13.1 Å². The van der Waals surface area contributed by atoms with E-state index in [9.17, 15) is 18.0 Å². The van der Waals surface area contributed by atoms with Gasteiger partial charge in [-0.05, 0) is 12.1 Å². The van der Waals surface area contributed by atoms with Crippen LogP contribution in [0.3, 0.4) is 0 Å².